The molecule has 6 aliphatic rings. The predicted molar refractivity (Wildman–Crippen MR) is 305 cm³/mol. The first kappa shape index (κ1) is 59.0. The summed E-state index contributed by atoms with van der Waals surface area (Å²) in [7, 11) is -2.63. The summed E-state index contributed by atoms with van der Waals surface area (Å²) < 4.78 is 54.6. The Bertz CT molecular complexity index is 2640. The third kappa shape index (κ3) is 14.8. The third-order valence-electron chi connectivity index (χ3n) is 15.2. The Balaban J connectivity index is 0.828. The zero-order valence-electron chi connectivity index (χ0n) is 45.0. The number of aromatic carboxylic acids is 1. The molecule has 2 aromatic rings. The number of benzene rings is 2. The van der Waals surface area contributed by atoms with E-state index in [1.807, 2.05) is 51.6 Å². The number of anilines is 1. The maximum atomic E-state index is 16.2. The summed E-state index contributed by atoms with van der Waals surface area (Å²) in [5.74, 6) is 0.354. The molecular weight excluding hydrogens is 1060 g/mol. The van der Waals surface area contributed by atoms with Gasteiger partial charge in [-0.15, -0.1) is 11.6 Å². The van der Waals surface area contributed by atoms with Gasteiger partial charge >= 0.3 is 11.6 Å². The molecule has 78 heavy (non-hydrogen) atoms. The van der Waals surface area contributed by atoms with Gasteiger partial charge in [-0.1, -0.05) is 45.0 Å². The van der Waals surface area contributed by atoms with Crippen LogP contribution in [0.1, 0.15) is 83.2 Å². The van der Waals surface area contributed by atoms with Gasteiger partial charge in [0, 0.05) is 72.9 Å². The van der Waals surface area contributed by atoms with Gasteiger partial charge in [0.05, 0.1) is 82.8 Å². The Labute approximate surface area is 467 Å². The first-order valence-electron chi connectivity index (χ1n) is 27.6. The smallest absolute Gasteiger partial charge is 0.336 e. The third-order valence-corrected chi connectivity index (χ3v) is 20.5. The molecule has 0 bridgehead atoms. The highest BCUT2D eigenvalue weighted by atomic mass is 35.5. The van der Waals surface area contributed by atoms with Crippen molar-refractivity contribution in [2.45, 2.75) is 93.6 Å². The molecule has 1 aliphatic carbocycles. The normalized spacial score (nSPS) is 21.9. The average molecular weight is 1140 g/mol. The number of fused-ring (bicyclic) bond motifs is 3. The lowest BCUT2D eigenvalue weighted by atomic mass is 9.86. The number of carboxylic acid groups (broad SMARTS) is 1. The number of hydrogen-bond acceptors (Lipinski definition) is 12. The van der Waals surface area contributed by atoms with Crippen LogP contribution in [0.2, 0.25) is 13.1 Å². The van der Waals surface area contributed by atoms with Crippen LogP contribution < -0.4 is 36.7 Å². The second-order valence-electron chi connectivity index (χ2n) is 21.3. The van der Waals surface area contributed by atoms with Gasteiger partial charge < -0.3 is 55.5 Å². The minimum Gasteiger partial charge on any atom is -0.478 e. The fourth-order valence-electron chi connectivity index (χ4n) is 10.8. The van der Waals surface area contributed by atoms with E-state index in [0.717, 1.165) is 89.4 Å². The van der Waals surface area contributed by atoms with Crippen LogP contribution in [0.4, 0.5) is 14.5 Å². The van der Waals surface area contributed by atoms with Crippen LogP contribution in [-0.4, -0.2) is 187 Å². The van der Waals surface area contributed by atoms with Gasteiger partial charge in [-0.2, -0.15) is 11.8 Å². The van der Waals surface area contributed by atoms with Crippen molar-refractivity contribution in [1.29, 1.82) is 0 Å². The van der Waals surface area contributed by atoms with Crippen molar-refractivity contribution in [1.82, 2.24) is 26.6 Å². The molecular formula is C57H77ClF2N7O9SSi+. The number of carbonyl (C=O) groups is 4. The summed E-state index contributed by atoms with van der Waals surface area (Å²) in [6.07, 6.45) is 12.3. The van der Waals surface area contributed by atoms with E-state index < -0.39 is 31.8 Å². The zero-order valence-corrected chi connectivity index (χ0v) is 47.6. The van der Waals surface area contributed by atoms with Crippen LogP contribution in [0.3, 0.4) is 0 Å². The molecule has 0 radical (unpaired) electrons. The van der Waals surface area contributed by atoms with Crippen LogP contribution in [0.15, 0.2) is 77.8 Å². The molecule has 5 heterocycles. The summed E-state index contributed by atoms with van der Waals surface area (Å²) in [6.45, 7) is 12.3. The molecule has 4 saturated heterocycles. The molecule has 424 valence electrons. The van der Waals surface area contributed by atoms with Crippen molar-refractivity contribution in [3.05, 3.63) is 100 Å². The molecule has 0 spiro atoms. The number of carboxylic acids is 1. The van der Waals surface area contributed by atoms with Crippen molar-refractivity contribution < 1.29 is 56.6 Å². The highest BCUT2D eigenvalue weighted by Crippen LogP contribution is 2.44. The number of thioether (sulfide) groups is 1. The quantitative estimate of drug-likeness (QED) is 0.0244. The van der Waals surface area contributed by atoms with Crippen LogP contribution >= 0.6 is 23.4 Å². The summed E-state index contributed by atoms with van der Waals surface area (Å²) in [5, 5.41) is 28.5. The standard InChI is InChI=1S/C57H76ClF2N7O9SSi/c1-38-64-47-35-77-48(53(47)65-38)10-6-8-19-61-51(68)17-23-74-27-29-76-25-21-63-56(72)57(60)36-67(37-57)42-13-16-45-50(32-42)78(2,3)49-31-41(66-33-40(59)34-66)12-15-44(49)52(45)46-30-39(11-14-43(46)55(70)71)54(69)62-20-24-75-28-26-73-22-9-5-4-7-18-58/h11-16,30-32,40,47-48,53,64-65H,1,4-10,17-29,33-37H2,2-3H3,(H3-,61,62,63,68,69,70,71,72)/p+1/t47-,48-,53-/m0/s1. The van der Waals surface area contributed by atoms with E-state index in [0.29, 0.717) is 60.7 Å². The highest BCUT2D eigenvalue weighted by Gasteiger charge is 2.57. The minimum absolute atomic E-state index is 0.0191. The molecule has 0 aromatic heterocycles. The van der Waals surface area contributed by atoms with E-state index in [2.05, 4.69) is 52.3 Å². The number of hydrogen-bond donors (Lipinski definition) is 6. The van der Waals surface area contributed by atoms with Crippen molar-refractivity contribution in [2.24, 2.45) is 0 Å². The molecule has 6 N–H and O–H groups in total. The van der Waals surface area contributed by atoms with Crippen molar-refractivity contribution in [3.63, 3.8) is 0 Å². The summed E-state index contributed by atoms with van der Waals surface area (Å²) >= 11 is 7.73. The van der Waals surface area contributed by atoms with E-state index in [4.69, 9.17) is 30.5 Å². The topological polar surface area (TPSA) is 192 Å². The number of nitrogens with zero attached hydrogens (tertiary/aromatic N) is 2. The highest BCUT2D eigenvalue weighted by molar-refractivity contribution is 8.00. The maximum Gasteiger partial charge on any atom is 0.336 e. The Morgan fingerprint density at radius 2 is 1.56 bits per heavy atom. The number of unbranched alkanes of at least 4 members (excludes halogenated alkanes) is 4. The van der Waals surface area contributed by atoms with Gasteiger partial charge in [-0.25, -0.2) is 18.2 Å². The van der Waals surface area contributed by atoms with E-state index in [-0.39, 0.29) is 102 Å². The average Bonchev–Trinajstić information content (AvgIpc) is 4.11. The molecule has 0 saturated carbocycles. The van der Waals surface area contributed by atoms with Gasteiger partial charge in [-0.3, -0.25) is 14.4 Å². The monoisotopic (exact) mass is 1140 g/mol. The van der Waals surface area contributed by atoms with Crippen molar-refractivity contribution in [2.75, 3.05) is 115 Å². The molecule has 8 rings (SSSR count). The van der Waals surface area contributed by atoms with Gasteiger partial charge in [0.1, 0.15) is 14.2 Å². The molecule has 3 atom stereocenters. The largest absolute Gasteiger partial charge is 0.478 e. The summed E-state index contributed by atoms with van der Waals surface area (Å²) in [6, 6.07) is 11.5. The van der Waals surface area contributed by atoms with E-state index in [9.17, 15) is 28.7 Å². The molecule has 3 amide bonds. The molecule has 2 aromatic carbocycles. The first-order chi connectivity index (χ1) is 37.7. The number of ether oxygens (including phenoxy) is 4. The number of rotatable bonds is 31. The van der Waals surface area contributed by atoms with Gasteiger partial charge in [0.15, 0.2) is 18.8 Å². The van der Waals surface area contributed by atoms with Crippen LogP contribution in [0.25, 0.3) is 5.57 Å². The van der Waals surface area contributed by atoms with Gasteiger partial charge in [0.25, 0.3) is 11.8 Å². The van der Waals surface area contributed by atoms with Crippen LogP contribution in [-0.2, 0) is 28.5 Å². The van der Waals surface area contributed by atoms with Crippen LogP contribution in [0.5, 0.6) is 0 Å². The summed E-state index contributed by atoms with van der Waals surface area (Å²) in [5.41, 5.74) is 2.40. The van der Waals surface area contributed by atoms with Gasteiger partial charge in [0.2, 0.25) is 5.91 Å². The van der Waals surface area contributed by atoms with E-state index in [1.165, 1.54) is 12.1 Å². The first-order valence-corrected chi connectivity index (χ1v) is 32.2. The molecule has 16 nitrogen and oxygen atoms in total. The second kappa shape index (κ2) is 27.9. The molecule has 5 aliphatic heterocycles. The number of halogens is 3. The fraction of sp³-hybridized carbons (Fsp3) is 0.561. The number of carbonyl (C=O) groups excluding carboxylic acids is 3. The number of allylic oxidation sites excluding steroid dienone is 5. The second-order valence-corrected chi connectivity index (χ2v) is 27.3. The number of nitrogens with one attached hydrogen (secondary N) is 5. The Hall–Kier alpha value is -5.09. The lowest BCUT2D eigenvalue weighted by molar-refractivity contribution is -0.612. The predicted octanol–water partition coefficient (Wildman–Crippen LogP) is 5.39. The minimum atomic E-state index is -2.63. The Morgan fingerprint density at radius 1 is 0.846 bits per heavy atom. The number of amides is 3. The van der Waals surface area contributed by atoms with Crippen LogP contribution in [0, 0.1) is 0 Å². The molecule has 0 unspecified atom stereocenters. The molecule has 21 heteroatoms. The Morgan fingerprint density at radius 3 is 2.29 bits per heavy atom. The summed E-state index contributed by atoms with van der Waals surface area (Å²) in [4.78, 5) is 54.1. The lowest BCUT2D eigenvalue weighted by Gasteiger charge is -2.41. The van der Waals surface area contributed by atoms with Gasteiger partial charge in [-0.05, 0) is 94.7 Å². The maximum absolute atomic E-state index is 16.2. The zero-order chi connectivity index (χ0) is 55.2. The van der Waals surface area contributed by atoms with Crippen molar-refractivity contribution in [3.8, 4) is 0 Å². The van der Waals surface area contributed by atoms with E-state index in [1.54, 1.807) is 6.07 Å². The van der Waals surface area contributed by atoms with E-state index >= 15 is 4.39 Å². The Kier molecular flexibility index (Phi) is 21.1. The SMILES string of the molecule is C=C1N[C@H]2[C@H](CS[C@H]2CCCCNC(=O)CCOCCOCCNC(=O)C2(F)C[N+](=C3C=CC4=C(c5cc(C(=O)NCCOCCOCCCCCCCl)ccc5C(=O)O)c5ccc(N6CC(F)C6)cc5[Si](C)(C)C4=C3)C2)N1. The molecule has 4 fully saturated rings. The number of alkyl halides is 3. The fourth-order valence-corrected chi connectivity index (χ4v) is 15.6. The lowest BCUT2D eigenvalue weighted by Crippen LogP contribution is -2.63. The van der Waals surface area contributed by atoms with Crippen molar-refractivity contribution >= 4 is 77.3 Å².